The van der Waals surface area contributed by atoms with Gasteiger partial charge in [-0.15, -0.1) is 0 Å². The van der Waals surface area contributed by atoms with Crippen molar-refractivity contribution in [1.82, 2.24) is 0 Å². The third kappa shape index (κ3) is 1.99. The molecule has 0 aliphatic heterocycles. The van der Waals surface area contributed by atoms with Crippen LogP contribution in [0.15, 0.2) is 18.2 Å². The van der Waals surface area contributed by atoms with E-state index in [2.05, 4.69) is 0 Å². The van der Waals surface area contributed by atoms with Gasteiger partial charge in [-0.3, -0.25) is 0 Å². The quantitative estimate of drug-likeness (QED) is 0.776. The Kier molecular flexibility index (Phi) is 3.36. The highest BCUT2D eigenvalue weighted by Gasteiger charge is 2.16. The fourth-order valence-electron chi connectivity index (χ4n) is 1.33. The minimum Gasteiger partial charge on any atom is -0.504 e. The molecular weight excluding hydrogens is 178 g/mol. The van der Waals surface area contributed by atoms with Crippen molar-refractivity contribution >= 4 is 0 Å². The van der Waals surface area contributed by atoms with E-state index in [9.17, 15) is 5.11 Å². The molecule has 1 rings (SSSR count). The molecule has 1 atom stereocenters. The van der Waals surface area contributed by atoms with Gasteiger partial charge in [0.05, 0.1) is 7.11 Å². The van der Waals surface area contributed by atoms with E-state index < -0.39 is 0 Å². The maximum absolute atomic E-state index is 9.80. The summed E-state index contributed by atoms with van der Waals surface area (Å²) in [6.07, 6.45) is 0. The van der Waals surface area contributed by atoms with E-state index in [0.717, 1.165) is 5.56 Å². The molecule has 0 saturated heterocycles. The Hall–Kier alpha value is -1.22. The smallest absolute Gasteiger partial charge is 0.162 e. The molecule has 3 N–H and O–H groups in total. The highest BCUT2D eigenvalue weighted by Crippen LogP contribution is 2.34. The van der Waals surface area contributed by atoms with Crippen molar-refractivity contribution in [2.45, 2.75) is 19.9 Å². The summed E-state index contributed by atoms with van der Waals surface area (Å²) in [5.74, 6) is 0.905. The molecule has 0 radical (unpaired) electrons. The number of aromatic hydroxyl groups is 1. The molecule has 0 aliphatic rings. The maximum atomic E-state index is 9.80. The van der Waals surface area contributed by atoms with E-state index in [-0.39, 0.29) is 17.7 Å². The lowest BCUT2D eigenvalue weighted by molar-refractivity contribution is 0.364. The van der Waals surface area contributed by atoms with E-state index in [0.29, 0.717) is 5.75 Å². The van der Waals surface area contributed by atoms with Gasteiger partial charge in [-0.2, -0.15) is 0 Å². The van der Waals surface area contributed by atoms with Crippen LogP contribution in [0.4, 0.5) is 0 Å². The van der Waals surface area contributed by atoms with Gasteiger partial charge in [-0.05, 0) is 12.0 Å². The van der Waals surface area contributed by atoms with Crippen LogP contribution >= 0.6 is 0 Å². The van der Waals surface area contributed by atoms with Crippen LogP contribution in [0.25, 0.3) is 0 Å². The molecule has 0 saturated carbocycles. The predicted octanol–water partition coefficient (Wildman–Crippen LogP) is 2.06. The van der Waals surface area contributed by atoms with Crippen molar-refractivity contribution in [3.8, 4) is 11.5 Å². The van der Waals surface area contributed by atoms with Crippen LogP contribution in [0.3, 0.4) is 0 Å². The number of benzene rings is 1. The van der Waals surface area contributed by atoms with Gasteiger partial charge in [0.25, 0.3) is 0 Å². The topological polar surface area (TPSA) is 55.5 Å². The first-order chi connectivity index (χ1) is 6.57. The Morgan fingerprint density at radius 2 is 2.00 bits per heavy atom. The Balaban J connectivity index is 3.09. The van der Waals surface area contributed by atoms with Crippen LogP contribution in [0.1, 0.15) is 25.5 Å². The third-order valence-corrected chi connectivity index (χ3v) is 2.33. The zero-order chi connectivity index (χ0) is 10.7. The largest absolute Gasteiger partial charge is 0.504 e. The molecule has 0 bridgehead atoms. The number of methoxy groups -OCH3 is 1. The number of rotatable bonds is 3. The van der Waals surface area contributed by atoms with Gasteiger partial charge >= 0.3 is 0 Å². The first-order valence-corrected chi connectivity index (χ1v) is 4.69. The van der Waals surface area contributed by atoms with Gasteiger partial charge in [-0.1, -0.05) is 26.0 Å². The Morgan fingerprint density at radius 1 is 1.36 bits per heavy atom. The second-order valence-corrected chi connectivity index (χ2v) is 3.67. The Bertz CT molecular complexity index is 310. The monoisotopic (exact) mass is 195 g/mol. The van der Waals surface area contributed by atoms with Crippen LogP contribution in [-0.2, 0) is 0 Å². The van der Waals surface area contributed by atoms with E-state index in [1.165, 1.54) is 7.11 Å². The number of ether oxygens (including phenoxy) is 1. The summed E-state index contributed by atoms with van der Waals surface area (Å²) in [6, 6.07) is 5.20. The van der Waals surface area contributed by atoms with Crippen molar-refractivity contribution in [3.05, 3.63) is 23.8 Å². The standard InChI is InChI=1S/C11H17NO2/c1-7(2)10(12)8-5-4-6-9(14-3)11(8)13/h4-7,10,13H,12H2,1-3H3/t10-/m0/s1. The summed E-state index contributed by atoms with van der Waals surface area (Å²) in [4.78, 5) is 0. The number of phenolic OH excluding ortho intramolecular Hbond substituents is 1. The highest BCUT2D eigenvalue weighted by molar-refractivity contribution is 5.46. The van der Waals surface area contributed by atoms with Crippen molar-refractivity contribution in [2.75, 3.05) is 7.11 Å². The Labute approximate surface area is 84.5 Å². The number of hydrogen-bond acceptors (Lipinski definition) is 3. The second kappa shape index (κ2) is 4.33. The van der Waals surface area contributed by atoms with Crippen molar-refractivity contribution in [3.63, 3.8) is 0 Å². The van der Waals surface area contributed by atoms with Crippen LogP contribution in [0, 0.1) is 5.92 Å². The zero-order valence-corrected chi connectivity index (χ0v) is 8.82. The van der Waals surface area contributed by atoms with E-state index in [1.807, 2.05) is 26.0 Å². The average Bonchev–Trinajstić information content (AvgIpc) is 2.17. The molecule has 0 heterocycles. The fraction of sp³-hybridized carbons (Fsp3) is 0.455. The summed E-state index contributed by atoms with van der Waals surface area (Å²) in [5.41, 5.74) is 6.68. The molecular formula is C11H17NO2. The highest BCUT2D eigenvalue weighted by atomic mass is 16.5. The molecule has 1 aromatic rings. The number of hydrogen-bond donors (Lipinski definition) is 2. The fourth-order valence-corrected chi connectivity index (χ4v) is 1.33. The zero-order valence-electron chi connectivity index (χ0n) is 8.82. The van der Waals surface area contributed by atoms with Crippen LogP contribution in [-0.4, -0.2) is 12.2 Å². The lowest BCUT2D eigenvalue weighted by atomic mass is 9.96. The van der Waals surface area contributed by atoms with E-state index >= 15 is 0 Å². The summed E-state index contributed by atoms with van der Waals surface area (Å²) >= 11 is 0. The second-order valence-electron chi connectivity index (χ2n) is 3.67. The van der Waals surface area contributed by atoms with Crippen LogP contribution in [0.2, 0.25) is 0 Å². The van der Waals surface area contributed by atoms with Crippen molar-refractivity contribution in [1.29, 1.82) is 0 Å². The molecule has 3 nitrogen and oxygen atoms in total. The number of phenols is 1. The molecule has 1 aromatic carbocycles. The minimum atomic E-state index is -0.162. The van der Waals surface area contributed by atoms with Gasteiger partial charge in [0.1, 0.15) is 0 Å². The molecule has 0 aliphatic carbocycles. The molecule has 0 unspecified atom stereocenters. The normalized spacial score (nSPS) is 12.9. The predicted molar refractivity (Wildman–Crippen MR) is 56.4 cm³/mol. The first kappa shape index (κ1) is 10.9. The molecule has 0 aromatic heterocycles. The van der Waals surface area contributed by atoms with Crippen molar-refractivity contribution in [2.24, 2.45) is 11.7 Å². The third-order valence-electron chi connectivity index (χ3n) is 2.33. The summed E-state index contributed by atoms with van der Waals surface area (Å²) in [5, 5.41) is 9.80. The van der Waals surface area contributed by atoms with Gasteiger partial charge in [0.15, 0.2) is 11.5 Å². The van der Waals surface area contributed by atoms with Crippen LogP contribution < -0.4 is 10.5 Å². The van der Waals surface area contributed by atoms with Crippen LogP contribution in [0.5, 0.6) is 11.5 Å². The lowest BCUT2D eigenvalue weighted by Gasteiger charge is -2.18. The lowest BCUT2D eigenvalue weighted by Crippen LogP contribution is -2.16. The Morgan fingerprint density at radius 3 is 2.50 bits per heavy atom. The molecule has 0 fully saturated rings. The molecule has 0 spiro atoms. The van der Waals surface area contributed by atoms with Gasteiger partial charge in [-0.25, -0.2) is 0 Å². The molecule has 0 amide bonds. The number of para-hydroxylation sites is 1. The molecule has 14 heavy (non-hydrogen) atoms. The number of nitrogens with two attached hydrogens (primary N) is 1. The minimum absolute atomic E-state index is 0.149. The maximum Gasteiger partial charge on any atom is 0.162 e. The molecule has 3 heteroatoms. The summed E-state index contributed by atoms with van der Waals surface area (Å²) in [6.45, 7) is 4.03. The van der Waals surface area contributed by atoms with Crippen molar-refractivity contribution < 1.29 is 9.84 Å². The molecule has 78 valence electrons. The van der Waals surface area contributed by atoms with Gasteiger partial charge in [0.2, 0.25) is 0 Å². The van der Waals surface area contributed by atoms with E-state index in [4.69, 9.17) is 10.5 Å². The first-order valence-electron chi connectivity index (χ1n) is 4.69. The van der Waals surface area contributed by atoms with Gasteiger partial charge < -0.3 is 15.6 Å². The SMILES string of the molecule is COc1cccc([C@@H](N)C(C)C)c1O. The van der Waals surface area contributed by atoms with Gasteiger partial charge in [0, 0.05) is 11.6 Å². The average molecular weight is 195 g/mol. The summed E-state index contributed by atoms with van der Waals surface area (Å²) in [7, 11) is 1.53. The summed E-state index contributed by atoms with van der Waals surface area (Å²) < 4.78 is 5.01. The van der Waals surface area contributed by atoms with E-state index in [1.54, 1.807) is 6.07 Å².